The zero-order chi connectivity index (χ0) is 23.4. The van der Waals surface area contributed by atoms with E-state index in [-0.39, 0.29) is 22.6 Å². The second kappa shape index (κ2) is 9.44. The van der Waals surface area contributed by atoms with Gasteiger partial charge in [0.25, 0.3) is 0 Å². The van der Waals surface area contributed by atoms with Crippen molar-refractivity contribution in [1.29, 1.82) is 0 Å². The molecule has 0 aromatic carbocycles. The highest BCUT2D eigenvalue weighted by Gasteiger charge is 2.58. The Bertz CT molecular complexity index is 987. The Morgan fingerprint density at radius 1 is 0.853 bits per heavy atom. The van der Waals surface area contributed by atoms with E-state index in [9.17, 15) is 9.59 Å². The zero-order valence-corrected chi connectivity index (χ0v) is 19.2. The van der Waals surface area contributed by atoms with Crippen LogP contribution in [-0.2, 0) is 9.59 Å². The Hall–Kier alpha value is -3.42. The van der Waals surface area contributed by atoms with Gasteiger partial charge in [-0.25, -0.2) is 10.9 Å². The Kier molecular flexibility index (Phi) is 6.22. The molecular weight excluding hydrogens is 428 g/mol. The summed E-state index contributed by atoms with van der Waals surface area (Å²) in [6.07, 6.45) is 17.4. The lowest BCUT2D eigenvalue weighted by molar-refractivity contribution is -0.146. The molecule has 4 aliphatic rings. The monoisotopic (exact) mass is 458 g/mol. The number of rotatable bonds is 8. The molecule has 2 N–H and O–H groups in total. The molecule has 0 unspecified atom stereocenters. The molecule has 34 heavy (non-hydrogen) atoms. The minimum absolute atomic E-state index is 0.0305. The maximum absolute atomic E-state index is 12.8. The Balaban J connectivity index is 1.19. The van der Waals surface area contributed by atoms with E-state index in [0.717, 1.165) is 43.2 Å². The maximum atomic E-state index is 12.8. The van der Waals surface area contributed by atoms with E-state index < -0.39 is 0 Å². The fourth-order valence-electron chi connectivity index (χ4n) is 7.09. The highest BCUT2D eigenvalue weighted by Crippen LogP contribution is 2.67. The lowest BCUT2D eigenvalue weighted by Gasteiger charge is -2.62. The van der Waals surface area contributed by atoms with E-state index in [1.807, 2.05) is 24.3 Å². The molecule has 2 heterocycles. The summed E-state index contributed by atoms with van der Waals surface area (Å²) in [6.45, 7) is 0. The third-order valence-electron chi connectivity index (χ3n) is 7.55. The molecule has 176 valence electrons. The fourth-order valence-corrected chi connectivity index (χ4v) is 7.09. The smallest absolute Gasteiger partial charge is 0.240 e. The van der Waals surface area contributed by atoms with Gasteiger partial charge in [0.05, 0.1) is 12.4 Å². The summed E-state index contributed by atoms with van der Waals surface area (Å²) in [5.74, 6) is 1.09. The van der Waals surface area contributed by atoms with Gasteiger partial charge in [-0.15, -0.1) is 0 Å². The first-order valence-electron chi connectivity index (χ1n) is 12.0. The first-order chi connectivity index (χ1) is 16.5. The van der Waals surface area contributed by atoms with Crippen molar-refractivity contribution in [2.75, 3.05) is 0 Å². The van der Waals surface area contributed by atoms with E-state index >= 15 is 0 Å². The van der Waals surface area contributed by atoms with E-state index in [1.54, 1.807) is 37.2 Å². The van der Waals surface area contributed by atoms with E-state index in [4.69, 9.17) is 0 Å². The number of nitrogens with zero attached hydrogens (tertiary/aromatic N) is 4. The summed E-state index contributed by atoms with van der Waals surface area (Å²) >= 11 is 0. The molecule has 0 saturated heterocycles. The minimum atomic E-state index is -0.0530. The number of amides is 2. The molecule has 2 aromatic rings. The number of carbonyl (C=O) groups is 2. The molecule has 4 bridgehead atoms. The van der Waals surface area contributed by atoms with Gasteiger partial charge in [0.2, 0.25) is 11.8 Å². The first kappa shape index (κ1) is 22.4. The Morgan fingerprint density at radius 3 is 1.74 bits per heavy atom. The highest BCUT2D eigenvalue weighted by molar-refractivity contribution is 5.83. The average Bonchev–Trinajstić information content (AvgIpc) is 2.79. The molecule has 0 spiro atoms. The molecule has 4 fully saturated rings. The van der Waals surface area contributed by atoms with Gasteiger partial charge in [-0.3, -0.25) is 19.6 Å². The van der Waals surface area contributed by atoms with Crippen LogP contribution in [0.4, 0.5) is 0 Å². The van der Waals surface area contributed by atoms with Crippen LogP contribution in [0.15, 0.2) is 59.3 Å². The van der Waals surface area contributed by atoms with Crippen LogP contribution in [0.3, 0.4) is 0 Å². The number of nitrogens with one attached hydrogen (secondary N) is 2. The fraction of sp³-hybridized carbons (Fsp3) is 0.462. The third-order valence-corrected chi connectivity index (χ3v) is 7.55. The van der Waals surface area contributed by atoms with Crippen molar-refractivity contribution < 1.29 is 9.59 Å². The summed E-state index contributed by atoms with van der Waals surface area (Å²) in [6, 6.07) is 7.44. The zero-order valence-electron chi connectivity index (χ0n) is 19.2. The predicted molar refractivity (Wildman–Crippen MR) is 129 cm³/mol. The standard InChI is InChI=1S/C26H30N6O2/c33-23(31-29-16-19-3-1-5-27-14-19)12-25-8-21-7-22(9-25)11-26(10-21,18-25)13-24(34)32-30-17-20-4-2-6-28-15-20/h1-6,14-17,21-22H,7-13,18H2,(H,31,33)(H,32,34). The number of hydrogen-bond acceptors (Lipinski definition) is 6. The number of hydrogen-bond donors (Lipinski definition) is 2. The van der Waals surface area contributed by atoms with Crippen LogP contribution in [0.25, 0.3) is 0 Å². The second-order valence-electron chi connectivity index (χ2n) is 10.5. The first-order valence-corrected chi connectivity index (χ1v) is 12.0. The average molecular weight is 459 g/mol. The lowest BCUT2D eigenvalue weighted by Crippen LogP contribution is -2.54. The largest absolute Gasteiger partial charge is 0.273 e. The Labute approximate surface area is 199 Å². The minimum Gasteiger partial charge on any atom is -0.273 e. The number of pyridine rings is 2. The quantitative estimate of drug-likeness (QED) is 0.466. The molecule has 0 atom stereocenters. The number of aromatic nitrogens is 2. The van der Waals surface area contributed by atoms with E-state index in [0.29, 0.717) is 24.7 Å². The van der Waals surface area contributed by atoms with Crippen LogP contribution < -0.4 is 10.9 Å². The normalized spacial score (nSPS) is 29.5. The number of hydrazone groups is 2. The summed E-state index contributed by atoms with van der Waals surface area (Å²) in [5, 5.41) is 8.23. The van der Waals surface area contributed by atoms with Gasteiger partial charge in [0.15, 0.2) is 0 Å². The van der Waals surface area contributed by atoms with Gasteiger partial charge in [-0.05, 0) is 73.3 Å². The molecule has 2 amide bonds. The summed E-state index contributed by atoms with van der Waals surface area (Å²) in [7, 11) is 0. The van der Waals surface area contributed by atoms with Crippen LogP contribution in [0.5, 0.6) is 0 Å². The van der Waals surface area contributed by atoms with Crippen LogP contribution in [-0.4, -0.2) is 34.2 Å². The highest BCUT2D eigenvalue weighted by atomic mass is 16.2. The Morgan fingerprint density at radius 2 is 1.32 bits per heavy atom. The predicted octanol–water partition coefficient (Wildman–Crippen LogP) is 3.44. The molecule has 8 heteroatoms. The van der Waals surface area contributed by atoms with Gasteiger partial charge >= 0.3 is 0 Å². The van der Waals surface area contributed by atoms with Crippen molar-refractivity contribution in [2.45, 2.75) is 51.4 Å². The van der Waals surface area contributed by atoms with Crippen molar-refractivity contribution in [2.24, 2.45) is 32.9 Å². The molecule has 4 saturated carbocycles. The summed E-state index contributed by atoms with van der Waals surface area (Å²) < 4.78 is 0. The van der Waals surface area contributed by atoms with Crippen LogP contribution in [0.1, 0.15) is 62.5 Å². The van der Waals surface area contributed by atoms with Crippen molar-refractivity contribution in [3.05, 3.63) is 60.2 Å². The molecular formula is C26H30N6O2. The lowest BCUT2D eigenvalue weighted by atomic mass is 9.43. The van der Waals surface area contributed by atoms with E-state index in [1.165, 1.54) is 6.42 Å². The van der Waals surface area contributed by atoms with Crippen LogP contribution in [0.2, 0.25) is 0 Å². The second-order valence-corrected chi connectivity index (χ2v) is 10.5. The van der Waals surface area contributed by atoms with Crippen molar-refractivity contribution in [1.82, 2.24) is 20.8 Å². The van der Waals surface area contributed by atoms with Crippen molar-refractivity contribution in [3.8, 4) is 0 Å². The van der Waals surface area contributed by atoms with Crippen LogP contribution in [0, 0.1) is 22.7 Å². The topological polar surface area (TPSA) is 109 Å². The molecule has 8 nitrogen and oxygen atoms in total. The van der Waals surface area contributed by atoms with Gasteiger partial charge in [0.1, 0.15) is 0 Å². The summed E-state index contributed by atoms with van der Waals surface area (Å²) in [4.78, 5) is 33.6. The SMILES string of the molecule is O=C(CC12CC3CC(C1)CC(CC(=O)NN=Cc1cccnc1)(C3)C2)NN=Cc1cccnc1. The molecule has 0 radical (unpaired) electrons. The number of carbonyl (C=O) groups excluding carboxylic acids is 2. The van der Waals surface area contributed by atoms with Gasteiger partial charge in [-0.1, -0.05) is 12.1 Å². The van der Waals surface area contributed by atoms with Crippen molar-refractivity contribution >= 4 is 24.2 Å². The molecule has 0 aliphatic heterocycles. The van der Waals surface area contributed by atoms with E-state index in [2.05, 4.69) is 31.0 Å². The maximum Gasteiger partial charge on any atom is 0.240 e. The van der Waals surface area contributed by atoms with Crippen LogP contribution >= 0.6 is 0 Å². The third kappa shape index (κ3) is 5.21. The molecule has 4 aliphatic carbocycles. The molecule has 2 aromatic heterocycles. The molecule has 6 rings (SSSR count). The van der Waals surface area contributed by atoms with Gasteiger partial charge < -0.3 is 0 Å². The summed E-state index contributed by atoms with van der Waals surface area (Å²) in [5.41, 5.74) is 7.03. The van der Waals surface area contributed by atoms with Gasteiger partial charge in [-0.2, -0.15) is 10.2 Å². The van der Waals surface area contributed by atoms with Crippen molar-refractivity contribution in [3.63, 3.8) is 0 Å². The van der Waals surface area contributed by atoms with Gasteiger partial charge in [0, 0.05) is 48.8 Å².